The van der Waals surface area contributed by atoms with Crippen LogP contribution in [0.15, 0.2) is 42.6 Å². The third-order valence-corrected chi connectivity index (χ3v) is 4.27. The standard InChI is InChI=1S/C20H22N4O4/c1-23(2)10-9-22-19(25)15-12-14(7-8-21-15)28-17-6-4-5-13-11-16(20(26)27)24(3)18(13)17/h4-8,11-12H,9-10H2,1-3H3,(H,22,25)(H,26,27). The Hall–Kier alpha value is -3.39. The van der Waals surface area contributed by atoms with Gasteiger partial charge in [0.25, 0.3) is 5.91 Å². The first-order chi connectivity index (χ1) is 13.4. The lowest BCUT2D eigenvalue weighted by Gasteiger charge is -2.11. The van der Waals surface area contributed by atoms with E-state index in [0.717, 1.165) is 11.9 Å². The molecule has 0 saturated heterocycles. The number of carboxylic acids is 1. The van der Waals surface area contributed by atoms with E-state index in [1.165, 1.54) is 6.20 Å². The summed E-state index contributed by atoms with van der Waals surface area (Å²) in [7, 11) is 5.53. The van der Waals surface area contributed by atoms with Crippen LogP contribution in [0.1, 0.15) is 21.0 Å². The van der Waals surface area contributed by atoms with Crippen LogP contribution in [0.4, 0.5) is 0 Å². The van der Waals surface area contributed by atoms with Crippen molar-refractivity contribution in [3.05, 3.63) is 54.0 Å². The first-order valence-corrected chi connectivity index (χ1v) is 8.75. The molecule has 0 aliphatic carbocycles. The predicted octanol–water partition coefficient (Wildman–Crippen LogP) is 2.36. The summed E-state index contributed by atoms with van der Waals surface area (Å²) < 4.78 is 7.53. The lowest BCUT2D eigenvalue weighted by Crippen LogP contribution is -2.31. The van der Waals surface area contributed by atoms with Crippen molar-refractivity contribution in [2.45, 2.75) is 0 Å². The molecule has 0 unspecified atom stereocenters. The number of benzene rings is 1. The second kappa shape index (κ2) is 8.10. The number of para-hydroxylation sites is 1. The number of rotatable bonds is 7. The number of hydrogen-bond donors (Lipinski definition) is 2. The number of fused-ring (bicyclic) bond motifs is 1. The Bertz CT molecular complexity index is 1030. The minimum atomic E-state index is -1.01. The van der Waals surface area contributed by atoms with Gasteiger partial charge < -0.3 is 24.6 Å². The van der Waals surface area contributed by atoms with Crippen LogP contribution in [-0.4, -0.2) is 58.6 Å². The molecule has 8 heteroatoms. The van der Waals surface area contributed by atoms with E-state index in [-0.39, 0.29) is 17.3 Å². The number of hydrogen-bond acceptors (Lipinski definition) is 5. The lowest BCUT2D eigenvalue weighted by atomic mass is 10.2. The Balaban J connectivity index is 1.85. The molecular formula is C20H22N4O4. The zero-order valence-corrected chi connectivity index (χ0v) is 16.0. The maximum absolute atomic E-state index is 12.3. The number of ether oxygens (including phenoxy) is 1. The van der Waals surface area contributed by atoms with E-state index in [9.17, 15) is 14.7 Å². The zero-order chi connectivity index (χ0) is 20.3. The van der Waals surface area contributed by atoms with Crippen molar-refractivity contribution in [1.82, 2.24) is 19.8 Å². The summed E-state index contributed by atoms with van der Waals surface area (Å²) in [6.45, 7) is 1.24. The number of aromatic carboxylic acids is 1. The number of pyridine rings is 1. The quantitative estimate of drug-likeness (QED) is 0.651. The Labute approximate surface area is 162 Å². The minimum absolute atomic E-state index is 0.168. The average molecular weight is 382 g/mol. The molecule has 2 heterocycles. The number of nitrogens with one attached hydrogen (secondary N) is 1. The number of nitrogens with zero attached hydrogens (tertiary/aromatic N) is 3. The maximum atomic E-state index is 12.3. The highest BCUT2D eigenvalue weighted by molar-refractivity contribution is 5.97. The molecule has 8 nitrogen and oxygen atoms in total. The largest absolute Gasteiger partial charge is 0.477 e. The highest BCUT2D eigenvalue weighted by atomic mass is 16.5. The number of carbonyl (C=O) groups is 2. The number of carbonyl (C=O) groups excluding carboxylic acids is 1. The van der Waals surface area contributed by atoms with Gasteiger partial charge in [-0.25, -0.2) is 4.79 Å². The number of aryl methyl sites for hydroxylation is 1. The molecule has 0 atom stereocenters. The molecule has 2 aromatic heterocycles. The summed E-state index contributed by atoms with van der Waals surface area (Å²) in [5, 5.41) is 12.9. The molecule has 0 aliphatic heterocycles. The van der Waals surface area contributed by atoms with Crippen molar-refractivity contribution in [3.8, 4) is 11.5 Å². The molecule has 28 heavy (non-hydrogen) atoms. The van der Waals surface area contributed by atoms with Gasteiger partial charge in [-0.05, 0) is 32.3 Å². The monoisotopic (exact) mass is 382 g/mol. The van der Waals surface area contributed by atoms with Gasteiger partial charge >= 0.3 is 5.97 Å². The lowest BCUT2D eigenvalue weighted by molar-refractivity contribution is 0.0686. The van der Waals surface area contributed by atoms with Crippen molar-refractivity contribution in [2.24, 2.45) is 7.05 Å². The van der Waals surface area contributed by atoms with Gasteiger partial charge in [-0.3, -0.25) is 9.78 Å². The maximum Gasteiger partial charge on any atom is 0.352 e. The van der Waals surface area contributed by atoms with Gasteiger partial charge in [0.2, 0.25) is 0 Å². The smallest absolute Gasteiger partial charge is 0.352 e. The molecule has 2 N–H and O–H groups in total. The highest BCUT2D eigenvalue weighted by Gasteiger charge is 2.16. The number of carboxylic acid groups (broad SMARTS) is 1. The van der Waals surface area contributed by atoms with Crippen molar-refractivity contribution in [2.75, 3.05) is 27.2 Å². The van der Waals surface area contributed by atoms with Crippen LogP contribution in [0.2, 0.25) is 0 Å². The summed E-state index contributed by atoms with van der Waals surface area (Å²) in [5.41, 5.74) is 1.08. The van der Waals surface area contributed by atoms with Crippen molar-refractivity contribution in [3.63, 3.8) is 0 Å². The van der Waals surface area contributed by atoms with Crippen molar-refractivity contribution >= 4 is 22.8 Å². The molecule has 3 rings (SSSR count). The zero-order valence-electron chi connectivity index (χ0n) is 16.0. The second-order valence-corrected chi connectivity index (χ2v) is 6.63. The van der Waals surface area contributed by atoms with Crippen LogP contribution in [0.5, 0.6) is 11.5 Å². The van der Waals surface area contributed by atoms with Gasteiger partial charge in [0.15, 0.2) is 5.75 Å². The molecule has 0 saturated carbocycles. The SMILES string of the molecule is CN(C)CCNC(=O)c1cc(Oc2cccc3cc(C(=O)O)n(C)c23)ccn1. The Morgan fingerprint density at radius 3 is 2.75 bits per heavy atom. The molecule has 1 amide bonds. The fourth-order valence-corrected chi connectivity index (χ4v) is 2.88. The second-order valence-electron chi connectivity index (χ2n) is 6.63. The molecule has 146 valence electrons. The molecule has 3 aromatic rings. The van der Waals surface area contributed by atoms with Crippen molar-refractivity contribution < 1.29 is 19.4 Å². The van der Waals surface area contributed by atoms with Crippen LogP contribution < -0.4 is 10.1 Å². The van der Waals surface area contributed by atoms with Gasteiger partial charge in [0.1, 0.15) is 17.1 Å². The molecule has 1 aromatic carbocycles. The van der Waals surface area contributed by atoms with Crippen molar-refractivity contribution in [1.29, 1.82) is 0 Å². The first kappa shape index (κ1) is 19.4. The van der Waals surface area contributed by atoms with Crippen LogP contribution in [0, 0.1) is 0 Å². The summed E-state index contributed by atoms with van der Waals surface area (Å²) >= 11 is 0. The molecular weight excluding hydrogens is 360 g/mol. The predicted molar refractivity (Wildman–Crippen MR) is 105 cm³/mol. The van der Waals surface area contributed by atoms with E-state index in [4.69, 9.17) is 4.74 Å². The normalized spacial score (nSPS) is 11.0. The Morgan fingerprint density at radius 1 is 1.25 bits per heavy atom. The highest BCUT2D eigenvalue weighted by Crippen LogP contribution is 2.31. The van der Waals surface area contributed by atoms with Crippen LogP contribution in [-0.2, 0) is 7.05 Å². The van der Waals surface area contributed by atoms with Gasteiger partial charge in [-0.2, -0.15) is 0 Å². The van der Waals surface area contributed by atoms with Crippen LogP contribution >= 0.6 is 0 Å². The number of aromatic nitrogens is 2. The number of likely N-dealkylation sites (N-methyl/N-ethyl adjacent to an activating group) is 1. The average Bonchev–Trinajstić information content (AvgIpc) is 2.99. The first-order valence-electron chi connectivity index (χ1n) is 8.75. The fourth-order valence-electron chi connectivity index (χ4n) is 2.88. The third-order valence-electron chi connectivity index (χ3n) is 4.27. The van der Waals surface area contributed by atoms with Gasteiger partial charge in [-0.15, -0.1) is 0 Å². The van der Waals surface area contributed by atoms with E-state index in [1.807, 2.05) is 25.1 Å². The van der Waals surface area contributed by atoms with E-state index in [1.54, 1.807) is 41.9 Å². The van der Waals surface area contributed by atoms with E-state index < -0.39 is 5.97 Å². The van der Waals surface area contributed by atoms with E-state index in [2.05, 4.69) is 10.3 Å². The summed E-state index contributed by atoms with van der Waals surface area (Å²) in [6.07, 6.45) is 1.50. The molecule has 0 aliphatic rings. The van der Waals surface area contributed by atoms with Crippen LogP contribution in [0.25, 0.3) is 10.9 Å². The number of amides is 1. The van der Waals surface area contributed by atoms with Gasteiger partial charge in [0.05, 0.1) is 5.52 Å². The summed E-state index contributed by atoms with van der Waals surface area (Å²) in [5.74, 6) is -0.348. The van der Waals surface area contributed by atoms with Crippen LogP contribution in [0.3, 0.4) is 0 Å². The Kier molecular flexibility index (Phi) is 5.60. The molecule has 0 fully saturated rings. The van der Waals surface area contributed by atoms with E-state index >= 15 is 0 Å². The topological polar surface area (TPSA) is 96.7 Å². The molecule has 0 spiro atoms. The minimum Gasteiger partial charge on any atom is -0.477 e. The summed E-state index contributed by atoms with van der Waals surface area (Å²) in [6, 6.07) is 10.2. The third kappa shape index (κ3) is 4.12. The summed E-state index contributed by atoms with van der Waals surface area (Å²) in [4.78, 5) is 29.7. The van der Waals surface area contributed by atoms with Gasteiger partial charge in [0, 0.05) is 37.8 Å². The fraction of sp³-hybridized carbons (Fsp3) is 0.250. The van der Waals surface area contributed by atoms with Gasteiger partial charge in [-0.1, -0.05) is 12.1 Å². The van der Waals surface area contributed by atoms with E-state index in [0.29, 0.717) is 23.6 Å². The molecule has 0 radical (unpaired) electrons. The Morgan fingerprint density at radius 2 is 2.04 bits per heavy atom. The molecule has 0 bridgehead atoms.